The molecule has 0 saturated carbocycles. The number of aliphatic hydroxyl groups excluding tert-OH is 1. The van der Waals surface area contributed by atoms with Gasteiger partial charge in [0, 0.05) is 5.41 Å². The van der Waals surface area contributed by atoms with E-state index < -0.39 is 5.56 Å². The summed E-state index contributed by atoms with van der Waals surface area (Å²) in [6.07, 6.45) is 0. The quantitative estimate of drug-likeness (QED) is 0.599. The van der Waals surface area contributed by atoms with Gasteiger partial charge in [0.1, 0.15) is 5.56 Å². The van der Waals surface area contributed by atoms with Crippen molar-refractivity contribution in [1.29, 1.82) is 0 Å². The Morgan fingerprint density at radius 2 is 1.67 bits per heavy atom. The molecule has 0 aromatic carbocycles. The van der Waals surface area contributed by atoms with Crippen LogP contribution in [-0.2, 0) is 0 Å². The van der Waals surface area contributed by atoms with Gasteiger partial charge in [-0.1, -0.05) is 39.3 Å². The molecule has 1 N–H and O–H groups in total. The smallest absolute Gasteiger partial charge is 0.133 e. The summed E-state index contributed by atoms with van der Waals surface area (Å²) in [5.41, 5.74) is -0.917. The first-order valence-electron chi connectivity index (χ1n) is 3.21. The van der Waals surface area contributed by atoms with Gasteiger partial charge in [0.2, 0.25) is 0 Å². The molecule has 0 heterocycles. The van der Waals surface area contributed by atoms with Crippen LogP contribution in [0.2, 0.25) is 0 Å². The average molecular weight is 151 g/mol. The van der Waals surface area contributed by atoms with Gasteiger partial charge in [0.25, 0.3) is 0 Å². The fourth-order valence-corrected chi connectivity index (χ4v) is 0.527. The first-order valence-corrected chi connectivity index (χ1v) is 3.64. The minimum atomic E-state index is -0.738. The largest absolute Gasteiger partial charge is 0.377 e. The van der Waals surface area contributed by atoms with Crippen molar-refractivity contribution in [1.82, 2.24) is 0 Å². The Morgan fingerprint density at radius 3 is 1.67 bits per heavy atom. The normalized spacial score (nSPS) is 16.3. The number of hydrogen-bond acceptors (Lipinski definition) is 1. The number of halogens is 1. The van der Waals surface area contributed by atoms with Crippen LogP contribution in [0.15, 0.2) is 0 Å². The van der Waals surface area contributed by atoms with E-state index in [0.717, 1.165) is 0 Å². The molecular weight excluding hydrogens is 136 g/mol. The number of hydrogen-bond donors (Lipinski definition) is 1. The maximum Gasteiger partial charge on any atom is 0.133 e. The van der Waals surface area contributed by atoms with Crippen molar-refractivity contribution in [3.63, 3.8) is 0 Å². The molecule has 0 rings (SSSR count). The Hall–Kier alpha value is 0.250. The minimum Gasteiger partial charge on any atom is -0.377 e. The van der Waals surface area contributed by atoms with Crippen LogP contribution in [0.25, 0.3) is 0 Å². The molecule has 1 atom stereocenters. The van der Waals surface area contributed by atoms with Crippen molar-refractivity contribution in [3.8, 4) is 0 Å². The van der Waals surface area contributed by atoms with E-state index in [1.807, 2.05) is 27.7 Å². The maximum absolute atomic E-state index is 9.02. The second-order valence-electron chi connectivity index (χ2n) is 3.31. The van der Waals surface area contributed by atoms with Crippen molar-refractivity contribution < 1.29 is 5.11 Å². The van der Waals surface area contributed by atoms with Gasteiger partial charge in [-0.2, -0.15) is 0 Å². The first kappa shape index (κ1) is 9.25. The Bertz CT molecular complexity index is 76.9. The van der Waals surface area contributed by atoms with Crippen molar-refractivity contribution in [2.45, 2.75) is 33.3 Å². The fourth-order valence-electron chi connectivity index (χ4n) is 0.275. The van der Waals surface area contributed by atoms with E-state index in [-0.39, 0.29) is 5.41 Å². The van der Waals surface area contributed by atoms with Gasteiger partial charge in [0.05, 0.1) is 0 Å². The third-order valence-corrected chi connectivity index (χ3v) is 2.66. The lowest BCUT2D eigenvalue weighted by Gasteiger charge is -2.30. The van der Waals surface area contributed by atoms with Gasteiger partial charge >= 0.3 is 0 Å². The zero-order valence-electron chi connectivity index (χ0n) is 6.48. The Kier molecular flexibility index (Phi) is 2.97. The van der Waals surface area contributed by atoms with E-state index >= 15 is 0 Å². The Balaban J connectivity index is 4.01. The van der Waals surface area contributed by atoms with Gasteiger partial charge in [-0.05, 0) is 5.92 Å². The van der Waals surface area contributed by atoms with Crippen LogP contribution in [0, 0.1) is 11.3 Å². The second-order valence-corrected chi connectivity index (χ2v) is 3.73. The Morgan fingerprint density at radius 1 is 1.33 bits per heavy atom. The highest BCUT2D eigenvalue weighted by Crippen LogP contribution is 2.31. The van der Waals surface area contributed by atoms with Crippen molar-refractivity contribution in [2.24, 2.45) is 11.3 Å². The lowest BCUT2D eigenvalue weighted by atomic mass is 9.82. The number of aliphatic hydroxyl groups is 1. The molecule has 0 aromatic heterocycles. The summed E-state index contributed by atoms with van der Waals surface area (Å²) in [6.45, 7) is 8.00. The van der Waals surface area contributed by atoms with Crippen LogP contribution in [0.4, 0.5) is 0 Å². The molecule has 0 bridgehead atoms. The topological polar surface area (TPSA) is 20.2 Å². The molecule has 0 amide bonds. The molecule has 0 aliphatic carbocycles. The van der Waals surface area contributed by atoms with Crippen LogP contribution in [0.1, 0.15) is 27.7 Å². The molecule has 0 fully saturated rings. The van der Waals surface area contributed by atoms with Crippen LogP contribution < -0.4 is 0 Å². The minimum absolute atomic E-state index is 0.179. The van der Waals surface area contributed by atoms with Crippen LogP contribution in [0.3, 0.4) is 0 Å². The molecule has 0 aliphatic rings. The summed E-state index contributed by atoms with van der Waals surface area (Å²) < 4.78 is 0. The lowest BCUT2D eigenvalue weighted by Crippen LogP contribution is -2.29. The van der Waals surface area contributed by atoms with E-state index in [4.69, 9.17) is 16.7 Å². The molecule has 0 spiro atoms. The predicted molar refractivity (Wildman–Crippen MR) is 40.5 cm³/mol. The van der Waals surface area contributed by atoms with E-state index in [1.54, 1.807) is 0 Å². The zero-order chi connectivity index (χ0) is 7.65. The standard InChI is InChI=1S/C7H15ClO/c1-5(2)7(3,4)6(8)9/h5-6,9H,1-4H3. The highest BCUT2D eigenvalue weighted by molar-refractivity contribution is 6.19. The number of alkyl halides is 1. The third kappa shape index (κ3) is 2.15. The molecular formula is C7H15ClO. The van der Waals surface area contributed by atoms with Gasteiger partial charge < -0.3 is 5.11 Å². The zero-order valence-corrected chi connectivity index (χ0v) is 7.24. The van der Waals surface area contributed by atoms with Gasteiger partial charge in [-0.25, -0.2) is 0 Å². The third-order valence-electron chi connectivity index (χ3n) is 2.10. The molecule has 56 valence electrons. The summed E-state index contributed by atoms with van der Waals surface area (Å²) in [7, 11) is 0. The summed E-state index contributed by atoms with van der Waals surface area (Å²) in [5, 5.41) is 9.02. The van der Waals surface area contributed by atoms with E-state index in [2.05, 4.69) is 0 Å². The first-order chi connectivity index (χ1) is 3.89. The molecule has 0 aliphatic heterocycles. The molecule has 2 heteroatoms. The van der Waals surface area contributed by atoms with Gasteiger partial charge in [0.15, 0.2) is 0 Å². The van der Waals surface area contributed by atoms with Crippen LogP contribution >= 0.6 is 11.6 Å². The highest BCUT2D eigenvalue weighted by Gasteiger charge is 2.29. The lowest BCUT2D eigenvalue weighted by molar-refractivity contribution is 0.0787. The fraction of sp³-hybridized carbons (Fsp3) is 1.00. The highest BCUT2D eigenvalue weighted by atomic mass is 35.5. The van der Waals surface area contributed by atoms with Crippen LogP contribution in [0.5, 0.6) is 0 Å². The number of rotatable bonds is 2. The van der Waals surface area contributed by atoms with E-state index in [0.29, 0.717) is 5.92 Å². The summed E-state index contributed by atoms with van der Waals surface area (Å²) in [4.78, 5) is 0. The van der Waals surface area contributed by atoms with Gasteiger partial charge in [-0.15, -0.1) is 0 Å². The summed E-state index contributed by atoms with van der Waals surface area (Å²) in [5.74, 6) is 0.407. The average Bonchev–Trinajstić information content (AvgIpc) is 1.65. The second kappa shape index (κ2) is 2.89. The van der Waals surface area contributed by atoms with E-state index in [9.17, 15) is 0 Å². The van der Waals surface area contributed by atoms with Crippen molar-refractivity contribution in [3.05, 3.63) is 0 Å². The SMILES string of the molecule is CC(C)C(C)(C)C(O)Cl. The molecule has 1 nitrogen and oxygen atoms in total. The molecule has 0 saturated heterocycles. The Labute approximate surface area is 62.0 Å². The van der Waals surface area contributed by atoms with Crippen molar-refractivity contribution >= 4 is 11.6 Å². The monoisotopic (exact) mass is 150 g/mol. The van der Waals surface area contributed by atoms with E-state index in [1.165, 1.54) is 0 Å². The molecule has 0 radical (unpaired) electrons. The molecule has 1 unspecified atom stereocenters. The maximum atomic E-state index is 9.02. The van der Waals surface area contributed by atoms with Gasteiger partial charge in [-0.3, -0.25) is 0 Å². The molecule has 9 heavy (non-hydrogen) atoms. The molecule has 0 aromatic rings. The summed E-state index contributed by atoms with van der Waals surface area (Å²) in [6, 6.07) is 0. The van der Waals surface area contributed by atoms with Crippen LogP contribution in [-0.4, -0.2) is 10.7 Å². The van der Waals surface area contributed by atoms with Crippen molar-refractivity contribution in [2.75, 3.05) is 0 Å². The predicted octanol–water partition coefficient (Wildman–Crippen LogP) is 2.23. The summed E-state index contributed by atoms with van der Waals surface area (Å²) >= 11 is 5.52.